The first-order chi connectivity index (χ1) is 8.76. The van der Waals surface area contributed by atoms with Crippen molar-refractivity contribution in [1.82, 2.24) is 14.9 Å². The van der Waals surface area contributed by atoms with Gasteiger partial charge in [-0.2, -0.15) is 5.26 Å². The maximum Gasteiger partial charge on any atom is 0.217 e. The van der Waals surface area contributed by atoms with Crippen LogP contribution in [0.5, 0.6) is 0 Å². The summed E-state index contributed by atoms with van der Waals surface area (Å²) in [4.78, 5) is 4.02. The van der Waals surface area contributed by atoms with Crippen LogP contribution in [-0.4, -0.2) is 16.1 Å². The number of hydrogen-bond acceptors (Lipinski definition) is 3. The van der Waals surface area contributed by atoms with Gasteiger partial charge < -0.3 is 5.32 Å². The number of aromatic nitrogens is 2. The number of rotatable bonds is 4. The Morgan fingerprint density at radius 2 is 2.33 bits per heavy atom. The van der Waals surface area contributed by atoms with Gasteiger partial charge in [-0.3, -0.25) is 4.57 Å². The standard InChI is InChI=1S/C13H13BrN4/c1-2-16-9-10-7-11(14)3-4-12(10)18-6-5-17-13(18)8-15/h3-7,16H,2,9H2,1H3. The highest BCUT2D eigenvalue weighted by molar-refractivity contribution is 9.10. The molecule has 5 heteroatoms. The second-order valence-electron chi connectivity index (χ2n) is 3.79. The Bertz CT molecular complexity index is 583. The van der Waals surface area contributed by atoms with Gasteiger partial charge in [0.25, 0.3) is 0 Å². The van der Waals surface area contributed by atoms with E-state index in [0.29, 0.717) is 5.82 Å². The van der Waals surface area contributed by atoms with Gasteiger partial charge in [-0.1, -0.05) is 22.9 Å². The first kappa shape index (κ1) is 12.8. The van der Waals surface area contributed by atoms with Gasteiger partial charge in [-0.15, -0.1) is 0 Å². The summed E-state index contributed by atoms with van der Waals surface area (Å²) < 4.78 is 2.83. The van der Waals surface area contributed by atoms with Crippen molar-refractivity contribution in [2.24, 2.45) is 0 Å². The van der Waals surface area contributed by atoms with Gasteiger partial charge in [0.1, 0.15) is 6.07 Å². The number of nitrogens with one attached hydrogen (secondary N) is 1. The molecule has 2 rings (SSSR count). The number of halogens is 1. The second-order valence-corrected chi connectivity index (χ2v) is 4.70. The van der Waals surface area contributed by atoms with Crippen LogP contribution in [0.1, 0.15) is 18.3 Å². The van der Waals surface area contributed by atoms with Crippen LogP contribution in [0.25, 0.3) is 5.69 Å². The molecule has 1 aromatic carbocycles. The minimum Gasteiger partial charge on any atom is -0.313 e. The largest absolute Gasteiger partial charge is 0.313 e. The van der Waals surface area contributed by atoms with E-state index in [-0.39, 0.29) is 0 Å². The number of imidazole rings is 1. The number of nitriles is 1. The molecule has 0 atom stereocenters. The minimum atomic E-state index is 0.398. The molecule has 0 fully saturated rings. The molecule has 2 aromatic rings. The van der Waals surface area contributed by atoms with E-state index in [4.69, 9.17) is 5.26 Å². The van der Waals surface area contributed by atoms with E-state index in [1.54, 1.807) is 17.0 Å². The fourth-order valence-electron chi connectivity index (χ4n) is 1.77. The molecule has 1 N–H and O–H groups in total. The van der Waals surface area contributed by atoms with Crippen molar-refractivity contribution >= 4 is 15.9 Å². The van der Waals surface area contributed by atoms with Gasteiger partial charge in [0.05, 0.1) is 5.69 Å². The molecule has 1 aromatic heterocycles. The van der Waals surface area contributed by atoms with Gasteiger partial charge in [-0.25, -0.2) is 4.98 Å². The summed E-state index contributed by atoms with van der Waals surface area (Å²) in [6.45, 7) is 3.73. The summed E-state index contributed by atoms with van der Waals surface area (Å²) >= 11 is 3.47. The monoisotopic (exact) mass is 304 g/mol. The van der Waals surface area contributed by atoms with Crippen LogP contribution in [0, 0.1) is 11.3 Å². The lowest BCUT2D eigenvalue weighted by Gasteiger charge is -2.12. The number of nitrogens with zero attached hydrogens (tertiary/aromatic N) is 3. The van der Waals surface area contributed by atoms with Gasteiger partial charge in [-0.05, 0) is 30.3 Å². The first-order valence-corrected chi connectivity index (χ1v) is 6.48. The van der Waals surface area contributed by atoms with Gasteiger partial charge in [0, 0.05) is 23.4 Å². The average molecular weight is 305 g/mol. The summed E-state index contributed by atoms with van der Waals surface area (Å²) in [5.74, 6) is 0.398. The predicted octanol–water partition coefficient (Wildman–Crippen LogP) is 2.62. The minimum absolute atomic E-state index is 0.398. The van der Waals surface area contributed by atoms with E-state index in [1.165, 1.54) is 0 Å². The van der Waals surface area contributed by atoms with E-state index in [2.05, 4.69) is 45.3 Å². The highest BCUT2D eigenvalue weighted by Crippen LogP contribution is 2.21. The van der Waals surface area contributed by atoms with E-state index >= 15 is 0 Å². The molecule has 0 saturated heterocycles. The lowest BCUT2D eigenvalue weighted by atomic mass is 10.1. The third-order valence-corrected chi connectivity index (χ3v) is 3.10. The van der Waals surface area contributed by atoms with Gasteiger partial charge >= 0.3 is 0 Å². The molecule has 0 spiro atoms. The average Bonchev–Trinajstić information content (AvgIpc) is 2.84. The fraction of sp³-hybridized carbons (Fsp3) is 0.231. The van der Waals surface area contributed by atoms with Crippen molar-refractivity contribution < 1.29 is 0 Å². The smallest absolute Gasteiger partial charge is 0.217 e. The third kappa shape index (κ3) is 2.61. The highest BCUT2D eigenvalue weighted by atomic mass is 79.9. The maximum absolute atomic E-state index is 9.03. The molecule has 1 heterocycles. The molecule has 92 valence electrons. The lowest BCUT2D eigenvalue weighted by Crippen LogP contribution is -2.14. The zero-order valence-electron chi connectivity index (χ0n) is 10.0. The Balaban J connectivity index is 2.47. The van der Waals surface area contributed by atoms with Crippen LogP contribution in [0.2, 0.25) is 0 Å². The third-order valence-electron chi connectivity index (χ3n) is 2.61. The predicted molar refractivity (Wildman–Crippen MR) is 73.4 cm³/mol. The van der Waals surface area contributed by atoms with Crippen LogP contribution in [0.15, 0.2) is 35.1 Å². The quantitative estimate of drug-likeness (QED) is 0.944. The second kappa shape index (κ2) is 5.80. The SMILES string of the molecule is CCNCc1cc(Br)ccc1-n1ccnc1C#N. The Hall–Kier alpha value is -1.64. The molecular weight excluding hydrogens is 292 g/mol. The highest BCUT2D eigenvalue weighted by Gasteiger charge is 2.09. The van der Waals surface area contributed by atoms with E-state index in [0.717, 1.165) is 28.8 Å². The lowest BCUT2D eigenvalue weighted by molar-refractivity contribution is 0.721. The maximum atomic E-state index is 9.03. The van der Waals surface area contributed by atoms with Crippen molar-refractivity contribution in [2.75, 3.05) is 6.54 Å². The Morgan fingerprint density at radius 1 is 1.50 bits per heavy atom. The summed E-state index contributed by atoms with van der Waals surface area (Å²) in [5.41, 5.74) is 2.11. The molecular formula is C13H13BrN4. The van der Waals surface area contributed by atoms with E-state index < -0.39 is 0 Å². The Kier molecular flexibility index (Phi) is 4.13. The Morgan fingerprint density at radius 3 is 3.06 bits per heavy atom. The van der Waals surface area contributed by atoms with E-state index in [1.807, 2.05) is 12.1 Å². The van der Waals surface area contributed by atoms with Crippen molar-refractivity contribution in [3.8, 4) is 11.8 Å². The summed E-state index contributed by atoms with van der Waals surface area (Å²) in [5, 5.41) is 12.3. The van der Waals surface area contributed by atoms with E-state index in [9.17, 15) is 0 Å². The molecule has 4 nitrogen and oxygen atoms in total. The molecule has 0 aliphatic rings. The summed E-state index contributed by atoms with van der Waals surface area (Å²) in [6, 6.07) is 8.10. The zero-order valence-corrected chi connectivity index (χ0v) is 11.6. The van der Waals surface area contributed by atoms with Gasteiger partial charge in [0.2, 0.25) is 5.82 Å². The van der Waals surface area contributed by atoms with Crippen LogP contribution in [0.4, 0.5) is 0 Å². The first-order valence-electron chi connectivity index (χ1n) is 5.69. The van der Waals surface area contributed by atoms with Crippen molar-refractivity contribution in [1.29, 1.82) is 5.26 Å². The van der Waals surface area contributed by atoms with Crippen molar-refractivity contribution in [3.05, 3.63) is 46.5 Å². The normalized spacial score (nSPS) is 10.3. The molecule has 0 saturated carbocycles. The van der Waals surface area contributed by atoms with Crippen LogP contribution >= 0.6 is 15.9 Å². The molecule has 0 aliphatic heterocycles. The summed E-state index contributed by atoms with van der Waals surface area (Å²) in [6.07, 6.45) is 3.44. The molecule has 0 radical (unpaired) electrons. The number of benzene rings is 1. The molecule has 0 amide bonds. The van der Waals surface area contributed by atoms with Gasteiger partial charge in [0.15, 0.2) is 0 Å². The van der Waals surface area contributed by atoms with Crippen molar-refractivity contribution in [2.45, 2.75) is 13.5 Å². The van der Waals surface area contributed by atoms with Crippen molar-refractivity contribution in [3.63, 3.8) is 0 Å². The van der Waals surface area contributed by atoms with Crippen LogP contribution in [-0.2, 0) is 6.54 Å². The molecule has 0 aliphatic carbocycles. The van der Waals surface area contributed by atoms with Crippen LogP contribution < -0.4 is 5.32 Å². The topological polar surface area (TPSA) is 53.6 Å². The molecule has 0 bridgehead atoms. The zero-order chi connectivity index (χ0) is 13.0. The number of hydrogen-bond donors (Lipinski definition) is 1. The molecule has 0 unspecified atom stereocenters. The summed E-state index contributed by atoms with van der Waals surface area (Å²) in [7, 11) is 0. The molecule has 18 heavy (non-hydrogen) atoms. The fourth-order valence-corrected chi connectivity index (χ4v) is 2.18. The van der Waals surface area contributed by atoms with Crippen LogP contribution in [0.3, 0.4) is 0 Å². The Labute approximate surface area is 114 Å².